The van der Waals surface area contributed by atoms with Crippen molar-refractivity contribution in [2.75, 3.05) is 11.9 Å². The van der Waals surface area contributed by atoms with Crippen LogP contribution in [0.15, 0.2) is 40.9 Å². The Balaban J connectivity index is 1.67. The van der Waals surface area contributed by atoms with Crippen molar-refractivity contribution in [3.8, 4) is 5.75 Å². The summed E-state index contributed by atoms with van der Waals surface area (Å²) in [6.45, 7) is 5.10. The van der Waals surface area contributed by atoms with Gasteiger partial charge in [0.2, 0.25) is 0 Å². The zero-order valence-electron chi connectivity index (χ0n) is 11.7. The smallest absolute Gasteiger partial charge is 0.123 e. The molecular formula is C17H18BrNO. The first kappa shape index (κ1) is 13.5. The van der Waals surface area contributed by atoms with Crippen LogP contribution in [-0.2, 0) is 6.42 Å². The number of fused-ring (bicyclic) bond motifs is 1. The van der Waals surface area contributed by atoms with Gasteiger partial charge in [0.1, 0.15) is 11.9 Å². The number of nitrogens with one attached hydrogen (secondary N) is 1. The number of para-hydroxylation sites is 1. The Morgan fingerprint density at radius 2 is 1.95 bits per heavy atom. The molecule has 1 aliphatic rings. The molecule has 0 spiro atoms. The van der Waals surface area contributed by atoms with E-state index in [0.717, 1.165) is 23.2 Å². The van der Waals surface area contributed by atoms with Gasteiger partial charge in [0, 0.05) is 16.6 Å². The van der Waals surface area contributed by atoms with Gasteiger partial charge in [-0.3, -0.25) is 0 Å². The minimum Gasteiger partial charge on any atom is -0.488 e. The number of rotatable bonds is 3. The Kier molecular flexibility index (Phi) is 3.70. The molecule has 20 heavy (non-hydrogen) atoms. The van der Waals surface area contributed by atoms with E-state index in [1.54, 1.807) is 0 Å². The first-order valence-electron chi connectivity index (χ1n) is 6.88. The lowest BCUT2D eigenvalue weighted by Crippen LogP contribution is -2.24. The van der Waals surface area contributed by atoms with Crippen LogP contribution in [0.1, 0.15) is 16.7 Å². The molecule has 0 bridgehead atoms. The van der Waals surface area contributed by atoms with Gasteiger partial charge < -0.3 is 10.1 Å². The molecule has 1 atom stereocenters. The molecule has 0 amide bonds. The van der Waals surface area contributed by atoms with Crippen molar-refractivity contribution in [3.05, 3.63) is 57.6 Å². The van der Waals surface area contributed by atoms with E-state index in [1.807, 2.05) is 12.1 Å². The largest absolute Gasteiger partial charge is 0.488 e. The Labute approximate surface area is 128 Å². The Hall–Kier alpha value is -1.48. The molecule has 0 saturated heterocycles. The predicted molar refractivity (Wildman–Crippen MR) is 86.7 cm³/mol. The normalized spacial score (nSPS) is 16.6. The molecular weight excluding hydrogens is 314 g/mol. The highest BCUT2D eigenvalue weighted by Gasteiger charge is 2.22. The molecule has 1 aliphatic heterocycles. The highest BCUT2D eigenvalue weighted by atomic mass is 79.9. The van der Waals surface area contributed by atoms with E-state index in [0.29, 0.717) is 0 Å². The molecule has 0 radical (unpaired) electrons. The number of anilines is 1. The molecule has 0 fully saturated rings. The monoisotopic (exact) mass is 331 g/mol. The fourth-order valence-electron chi connectivity index (χ4n) is 2.71. The summed E-state index contributed by atoms with van der Waals surface area (Å²) in [6, 6.07) is 12.6. The molecule has 0 saturated carbocycles. The van der Waals surface area contributed by atoms with E-state index < -0.39 is 0 Å². The van der Waals surface area contributed by atoms with Crippen molar-refractivity contribution < 1.29 is 4.74 Å². The number of ether oxygens (including phenoxy) is 1. The van der Waals surface area contributed by atoms with Gasteiger partial charge >= 0.3 is 0 Å². The van der Waals surface area contributed by atoms with Crippen LogP contribution in [0.2, 0.25) is 0 Å². The van der Waals surface area contributed by atoms with Gasteiger partial charge in [-0.05, 0) is 48.7 Å². The van der Waals surface area contributed by atoms with E-state index in [-0.39, 0.29) is 6.10 Å². The average molecular weight is 332 g/mol. The van der Waals surface area contributed by atoms with Crippen LogP contribution in [-0.4, -0.2) is 12.6 Å². The molecule has 0 aromatic heterocycles. The second kappa shape index (κ2) is 5.49. The number of hydrogen-bond donors (Lipinski definition) is 1. The molecule has 2 nitrogen and oxygen atoms in total. The zero-order valence-corrected chi connectivity index (χ0v) is 13.3. The minimum absolute atomic E-state index is 0.207. The van der Waals surface area contributed by atoms with Crippen molar-refractivity contribution in [2.24, 2.45) is 0 Å². The zero-order chi connectivity index (χ0) is 14.1. The summed E-state index contributed by atoms with van der Waals surface area (Å²) < 4.78 is 7.09. The van der Waals surface area contributed by atoms with Crippen molar-refractivity contribution in [3.63, 3.8) is 0 Å². The molecule has 1 heterocycles. The van der Waals surface area contributed by atoms with Crippen LogP contribution >= 0.6 is 15.9 Å². The SMILES string of the molecule is Cc1cccc(C)c1NCC1Cc2cc(Br)ccc2O1. The highest BCUT2D eigenvalue weighted by Crippen LogP contribution is 2.31. The highest BCUT2D eigenvalue weighted by molar-refractivity contribution is 9.10. The van der Waals surface area contributed by atoms with Crippen LogP contribution in [0, 0.1) is 13.8 Å². The van der Waals surface area contributed by atoms with Gasteiger partial charge in [-0.25, -0.2) is 0 Å². The maximum atomic E-state index is 5.98. The fraction of sp³-hybridized carbons (Fsp3) is 0.294. The number of aryl methyl sites for hydroxylation is 2. The fourth-order valence-corrected chi connectivity index (χ4v) is 3.12. The molecule has 2 aromatic rings. The predicted octanol–water partition coefficient (Wildman–Crippen LogP) is 4.48. The minimum atomic E-state index is 0.207. The maximum Gasteiger partial charge on any atom is 0.123 e. The quantitative estimate of drug-likeness (QED) is 0.895. The summed E-state index contributed by atoms with van der Waals surface area (Å²) in [5.74, 6) is 1.02. The topological polar surface area (TPSA) is 21.3 Å². The summed E-state index contributed by atoms with van der Waals surface area (Å²) in [5.41, 5.74) is 5.08. The molecule has 1 N–H and O–H groups in total. The van der Waals surface area contributed by atoms with Gasteiger partial charge in [0.05, 0.1) is 6.54 Å². The third-order valence-electron chi connectivity index (χ3n) is 3.75. The first-order chi connectivity index (χ1) is 9.63. The summed E-state index contributed by atoms with van der Waals surface area (Å²) in [4.78, 5) is 0. The van der Waals surface area contributed by atoms with Crippen molar-refractivity contribution in [1.29, 1.82) is 0 Å². The lowest BCUT2D eigenvalue weighted by Gasteiger charge is -2.16. The van der Waals surface area contributed by atoms with Crippen LogP contribution in [0.4, 0.5) is 5.69 Å². The van der Waals surface area contributed by atoms with E-state index >= 15 is 0 Å². The maximum absolute atomic E-state index is 5.98. The number of hydrogen-bond acceptors (Lipinski definition) is 2. The standard InChI is InChI=1S/C17H18BrNO/c1-11-4-3-5-12(2)17(11)19-10-15-9-13-8-14(18)6-7-16(13)20-15/h3-8,15,19H,9-10H2,1-2H3. The average Bonchev–Trinajstić information content (AvgIpc) is 2.80. The van der Waals surface area contributed by atoms with Gasteiger partial charge in [0.25, 0.3) is 0 Å². The van der Waals surface area contributed by atoms with Gasteiger partial charge in [0.15, 0.2) is 0 Å². The van der Waals surface area contributed by atoms with E-state index in [9.17, 15) is 0 Å². The second-order valence-corrected chi connectivity index (χ2v) is 6.26. The molecule has 3 rings (SSSR count). The summed E-state index contributed by atoms with van der Waals surface area (Å²) in [5, 5.41) is 3.54. The second-order valence-electron chi connectivity index (χ2n) is 5.34. The lowest BCUT2D eigenvalue weighted by atomic mass is 10.1. The Bertz CT molecular complexity index is 619. The van der Waals surface area contributed by atoms with Crippen LogP contribution in [0.25, 0.3) is 0 Å². The summed E-state index contributed by atoms with van der Waals surface area (Å²) in [6.07, 6.45) is 1.17. The van der Waals surface area contributed by atoms with Gasteiger partial charge in [-0.1, -0.05) is 34.1 Å². The van der Waals surface area contributed by atoms with Gasteiger partial charge in [-0.15, -0.1) is 0 Å². The summed E-state index contributed by atoms with van der Waals surface area (Å²) >= 11 is 3.51. The number of halogens is 1. The van der Waals surface area contributed by atoms with Crippen LogP contribution in [0.5, 0.6) is 5.75 Å². The molecule has 104 valence electrons. The Morgan fingerprint density at radius 1 is 1.20 bits per heavy atom. The van der Waals surface area contributed by atoms with E-state index in [1.165, 1.54) is 22.4 Å². The van der Waals surface area contributed by atoms with Crippen molar-refractivity contribution in [1.82, 2.24) is 0 Å². The van der Waals surface area contributed by atoms with E-state index in [4.69, 9.17) is 4.74 Å². The van der Waals surface area contributed by atoms with Crippen LogP contribution in [0.3, 0.4) is 0 Å². The van der Waals surface area contributed by atoms with Crippen LogP contribution < -0.4 is 10.1 Å². The lowest BCUT2D eigenvalue weighted by molar-refractivity contribution is 0.246. The first-order valence-corrected chi connectivity index (χ1v) is 7.68. The molecule has 3 heteroatoms. The third kappa shape index (κ3) is 2.68. The molecule has 0 aliphatic carbocycles. The summed E-state index contributed by atoms with van der Waals surface area (Å²) in [7, 11) is 0. The molecule has 2 aromatic carbocycles. The Morgan fingerprint density at radius 3 is 2.70 bits per heavy atom. The van der Waals surface area contributed by atoms with Crippen molar-refractivity contribution in [2.45, 2.75) is 26.4 Å². The third-order valence-corrected chi connectivity index (χ3v) is 4.24. The molecule has 1 unspecified atom stereocenters. The van der Waals surface area contributed by atoms with E-state index in [2.05, 4.69) is 59.4 Å². The van der Waals surface area contributed by atoms with Gasteiger partial charge in [-0.2, -0.15) is 0 Å². The van der Waals surface area contributed by atoms with Crippen molar-refractivity contribution >= 4 is 21.6 Å². The number of benzene rings is 2.